The van der Waals surface area contributed by atoms with Gasteiger partial charge in [0.05, 0.1) is 12.1 Å². The smallest absolute Gasteiger partial charge is 0.0963 e. The van der Waals surface area contributed by atoms with E-state index in [2.05, 4.69) is 48.2 Å². The molecule has 0 amide bonds. The first-order valence-electron chi connectivity index (χ1n) is 7.21. The number of aliphatic hydroxyl groups is 1. The van der Waals surface area contributed by atoms with Crippen molar-refractivity contribution in [2.24, 2.45) is 0 Å². The number of piperazine rings is 1. The van der Waals surface area contributed by atoms with Gasteiger partial charge >= 0.3 is 0 Å². The second kappa shape index (κ2) is 5.52. The van der Waals surface area contributed by atoms with Crippen molar-refractivity contribution in [1.82, 2.24) is 9.80 Å². The van der Waals surface area contributed by atoms with Crippen molar-refractivity contribution >= 4 is 10.8 Å². The summed E-state index contributed by atoms with van der Waals surface area (Å²) in [6.07, 6.45) is -0.450. The SMILES string of the molecule is CN1CCN(C)C(C(O)c2cccc3ccccc23)C1. The van der Waals surface area contributed by atoms with Crippen molar-refractivity contribution in [1.29, 1.82) is 0 Å². The summed E-state index contributed by atoms with van der Waals surface area (Å²) in [5.74, 6) is 0. The number of rotatable bonds is 2. The van der Waals surface area contributed by atoms with Crippen LogP contribution >= 0.6 is 0 Å². The zero-order valence-corrected chi connectivity index (χ0v) is 12.2. The topological polar surface area (TPSA) is 26.7 Å². The first kappa shape index (κ1) is 13.6. The molecule has 3 heteroatoms. The van der Waals surface area contributed by atoms with E-state index in [0.29, 0.717) is 0 Å². The maximum Gasteiger partial charge on any atom is 0.0963 e. The van der Waals surface area contributed by atoms with E-state index in [4.69, 9.17) is 0 Å². The Labute approximate surface area is 120 Å². The predicted octanol–water partition coefficient (Wildman–Crippen LogP) is 2.12. The summed E-state index contributed by atoms with van der Waals surface area (Å²) < 4.78 is 0. The fourth-order valence-electron chi connectivity index (χ4n) is 3.10. The minimum Gasteiger partial charge on any atom is -0.387 e. The summed E-state index contributed by atoms with van der Waals surface area (Å²) in [5, 5.41) is 13.2. The van der Waals surface area contributed by atoms with Gasteiger partial charge in [-0.05, 0) is 30.4 Å². The predicted molar refractivity (Wildman–Crippen MR) is 82.8 cm³/mol. The van der Waals surface area contributed by atoms with Gasteiger partial charge in [0.25, 0.3) is 0 Å². The van der Waals surface area contributed by atoms with Crippen LogP contribution in [0.15, 0.2) is 42.5 Å². The third-order valence-electron chi connectivity index (χ3n) is 4.41. The summed E-state index contributed by atoms with van der Waals surface area (Å²) in [6, 6.07) is 14.6. The molecule has 1 aliphatic heterocycles. The third-order valence-corrected chi connectivity index (χ3v) is 4.41. The summed E-state index contributed by atoms with van der Waals surface area (Å²) >= 11 is 0. The lowest BCUT2D eigenvalue weighted by Crippen LogP contribution is -2.52. The molecule has 2 aromatic carbocycles. The lowest BCUT2D eigenvalue weighted by molar-refractivity contribution is 0.0145. The van der Waals surface area contributed by atoms with Crippen LogP contribution in [0.25, 0.3) is 10.8 Å². The number of fused-ring (bicyclic) bond motifs is 1. The van der Waals surface area contributed by atoms with E-state index in [0.717, 1.165) is 30.6 Å². The largest absolute Gasteiger partial charge is 0.387 e. The summed E-state index contributed by atoms with van der Waals surface area (Å²) in [7, 11) is 4.22. The van der Waals surface area contributed by atoms with Crippen LogP contribution in [0.5, 0.6) is 0 Å². The highest BCUT2D eigenvalue weighted by molar-refractivity contribution is 5.86. The Kier molecular flexibility index (Phi) is 3.74. The molecule has 1 fully saturated rings. The van der Waals surface area contributed by atoms with Gasteiger partial charge in [0, 0.05) is 19.6 Å². The van der Waals surface area contributed by atoms with E-state index in [1.165, 1.54) is 5.39 Å². The van der Waals surface area contributed by atoms with Gasteiger partial charge in [-0.15, -0.1) is 0 Å². The molecule has 2 atom stereocenters. The molecule has 3 nitrogen and oxygen atoms in total. The van der Waals surface area contributed by atoms with Crippen molar-refractivity contribution in [2.75, 3.05) is 33.7 Å². The number of hydrogen-bond donors (Lipinski definition) is 1. The van der Waals surface area contributed by atoms with Crippen LogP contribution in [0.1, 0.15) is 11.7 Å². The Hall–Kier alpha value is -1.42. The summed E-state index contributed by atoms with van der Waals surface area (Å²) in [6.45, 7) is 2.97. The van der Waals surface area contributed by atoms with Gasteiger partial charge in [-0.1, -0.05) is 42.5 Å². The van der Waals surface area contributed by atoms with Gasteiger partial charge in [0.1, 0.15) is 0 Å². The molecule has 0 bridgehead atoms. The van der Waals surface area contributed by atoms with Gasteiger partial charge in [-0.25, -0.2) is 0 Å². The van der Waals surface area contributed by atoms with Crippen LogP contribution in [-0.2, 0) is 0 Å². The highest BCUT2D eigenvalue weighted by atomic mass is 16.3. The fourth-order valence-corrected chi connectivity index (χ4v) is 3.10. The summed E-state index contributed by atoms with van der Waals surface area (Å²) in [4.78, 5) is 4.56. The first-order chi connectivity index (χ1) is 9.66. The molecule has 0 radical (unpaired) electrons. The van der Waals surface area contributed by atoms with E-state index in [1.807, 2.05) is 18.2 Å². The van der Waals surface area contributed by atoms with Crippen LogP contribution < -0.4 is 0 Å². The Bertz CT molecular complexity index is 593. The molecule has 0 aliphatic carbocycles. The van der Waals surface area contributed by atoms with Crippen LogP contribution in [0.3, 0.4) is 0 Å². The average molecular weight is 270 g/mol. The number of aliphatic hydroxyl groups excluding tert-OH is 1. The monoisotopic (exact) mass is 270 g/mol. The molecule has 20 heavy (non-hydrogen) atoms. The van der Waals surface area contributed by atoms with Crippen LogP contribution in [0.4, 0.5) is 0 Å². The molecule has 0 spiro atoms. The fraction of sp³-hybridized carbons (Fsp3) is 0.412. The van der Waals surface area contributed by atoms with E-state index in [9.17, 15) is 5.11 Å². The zero-order valence-electron chi connectivity index (χ0n) is 12.2. The number of benzene rings is 2. The van der Waals surface area contributed by atoms with E-state index in [1.54, 1.807) is 0 Å². The van der Waals surface area contributed by atoms with Gasteiger partial charge in [-0.2, -0.15) is 0 Å². The molecule has 1 N–H and O–H groups in total. The maximum absolute atomic E-state index is 10.9. The Morgan fingerprint density at radius 1 is 1.05 bits per heavy atom. The standard InChI is InChI=1S/C17H22N2O/c1-18-10-11-19(2)16(12-18)17(20)15-9-5-7-13-6-3-4-8-14(13)15/h3-9,16-17,20H,10-12H2,1-2H3. The van der Waals surface area contributed by atoms with Crippen LogP contribution in [-0.4, -0.2) is 54.7 Å². The minimum atomic E-state index is -0.450. The molecule has 3 rings (SSSR count). The molecule has 2 aromatic rings. The number of nitrogens with zero attached hydrogens (tertiary/aromatic N) is 2. The number of likely N-dealkylation sites (N-methyl/N-ethyl adjacent to an activating group) is 2. The van der Waals surface area contributed by atoms with Gasteiger partial charge < -0.3 is 10.0 Å². The van der Waals surface area contributed by atoms with Crippen molar-refractivity contribution in [3.05, 3.63) is 48.0 Å². The highest BCUT2D eigenvalue weighted by Crippen LogP contribution is 2.29. The lowest BCUT2D eigenvalue weighted by atomic mass is 9.94. The molecule has 1 aliphatic rings. The Morgan fingerprint density at radius 3 is 2.65 bits per heavy atom. The molecular weight excluding hydrogens is 248 g/mol. The zero-order chi connectivity index (χ0) is 14.1. The van der Waals surface area contributed by atoms with E-state index >= 15 is 0 Å². The van der Waals surface area contributed by atoms with Crippen molar-refractivity contribution < 1.29 is 5.11 Å². The molecule has 106 valence electrons. The Balaban J connectivity index is 1.97. The molecule has 2 unspecified atom stereocenters. The van der Waals surface area contributed by atoms with Crippen LogP contribution in [0, 0.1) is 0 Å². The molecule has 0 saturated carbocycles. The molecule has 0 aromatic heterocycles. The van der Waals surface area contributed by atoms with Crippen molar-refractivity contribution in [3.63, 3.8) is 0 Å². The Morgan fingerprint density at radius 2 is 1.80 bits per heavy atom. The normalized spacial score (nSPS) is 23.1. The molecule has 1 heterocycles. The van der Waals surface area contributed by atoms with Gasteiger partial charge in [0.15, 0.2) is 0 Å². The van der Waals surface area contributed by atoms with Crippen LogP contribution in [0.2, 0.25) is 0 Å². The lowest BCUT2D eigenvalue weighted by Gasteiger charge is -2.40. The quantitative estimate of drug-likeness (QED) is 0.905. The van der Waals surface area contributed by atoms with E-state index in [-0.39, 0.29) is 6.04 Å². The van der Waals surface area contributed by atoms with E-state index < -0.39 is 6.10 Å². The second-order valence-corrected chi connectivity index (χ2v) is 5.82. The van der Waals surface area contributed by atoms with Crippen molar-refractivity contribution in [2.45, 2.75) is 12.1 Å². The minimum absolute atomic E-state index is 0.152. The second-order valence-electron chi connectivity index (χ2n) is 5.82. The summed E-state index contributed by atoms with van der Waals surface area (Å²) in [5.41, 5.74) is 1.04. The van der Waals surface area contributed by atoms with Crippen molar-refractivity contribution in [3.8, 4) is 0 Å². The number of hydrogen-bond acceptors (Lipinski definition) is 3. The highest BCUT2D eigenvalue weighted by Gasteiger charge is 2.30. The average Bonchev–Trinajstić information content (AvgIpc) is 2.48. The first-order valence-corrected chi connectivity index (χ1v) is 7.21. The van der Waals surface area contributed by atoms with Gasteiger partial charge in [-0.3, -0.25) is 4.90 Å². The van der Waals surface area contributed by atoms with Gasteiger partial charge in [0.2, 0.25) is 0 Å². The third kappa shape index (κ3) is 2.44. The molecule has 1 saturated heterocycles. The molecular formula is C17H22N2O. The maximum atomic E-state index is 10.9.